The van der Waals surface area contributed by atoms with E-state index in [1.54, 1.807) is 0 Å². The number of alkyl halides is 1. The monoisotopic (exact) mass is 178 g/mol. The van der Waals surface area contributed by atoms with Crippen LogP contribution in [0.5, 0.6) is 0 Å². The number of hydrogen-bond donors (Lipinski definition) is 1. The van der Waals surface area contributed by atoms with Gasteiger partial charge in [-0.15, -0.1) is 11.6 Å². The van der Waals surface area contributed by atoms with Gasteiger partial charge in [0.05, 0.1) is 6.42 Å². The normalized spacial score (nSPS) is 8.82. The van der Waals surface area contributed by atoms with E-state index in [-0.39, 0.29) is 12.3 Å². The average molecular weight is 179 g/mol. The Hall–Kier alpha value is -1.03. The number of hydrogen-bond acceptors (Lipinski definition) is 3. The number of halogens is 1. The lowest BCUT2D eigenvalue weighted by molar-refractivity contribution is -0.147. The summed E-state index contributed by atoms with van der Waals surface area (Å²) in [7, 11) is 0. The quantitative estimate of drug-likeness (QED) is 0.299. The second-order valence-corrected chi connectivity index (χ2v) is 2.02. The van der Waals surface area contributed by atoms with E-state index in [4.69, 9.17) is 16.7 Å². The number of rotatable bonds is 4. The van der Waals surface area contributed by atoms with Crippen LogP contribution >= 0.6 is 11.6 Å². The SMILES string of the molecule is C=C(OC(=O)CCCl)C(=O)O. The van der Waals surface area contributed by atoms with Crippen LogP contribution in [0.4, 0.5) is 0 Å². The highest BCUT2D eigenvalue weighted by molar-refractivity contribution is 6.18. The summed E-state index contributed by atoms with van der Waals surface area (Å²) in [6.07, 6.45) is -0.0200. The molecule has 0 heterocycles. The maximum absolute atomic E-state index is 10.5. The van der Waals surface area contributed by atoms with Gasteiger partial charge in [-0.05, 0) is 6.58 Å². The van der Waals surface area contributed by atoms with Gasteiger partial charge in [0.2, 0.25) is 5.76 Å². The van der Waals surface area contributed by atoms with Crippen LogP contribution in [0.1, 0.15) is 6.42 Å². The van der Waals surface area contributed by atoms with Gasteiger partial charge in [-0.2, -0.15) is 0 Å². The van der Waals surface area contributed by atoms with E-state index >= 15 is 0 Å². The van der Waals surface area contributed by atoms with Crippen LogP contribution in [0.3, 0.4) is 0 Å². The van der Waals surface area contributed by atoms with Gasteiger partial charge < -0.3 is 9.84 Å². The topological polar surface area (TPSA) is 63.6 Å². The minimum atomic E-state index is -1.35. The Kier molecular flexibility index (Phi) is 4.29. The fourth-order valence-electron chi connectivity index (χ4n) is 0.309. The molecular formula is C6H7ClO4. The zero-order valence-corrected chi connectivity index (χ0v) is 6.43. The van der Waals surface area contributed by atoms with Crippen molar-refractivity contribution in [2.24, 2.45) is 0 Å². The van der Waals surface area contributed by atoms with E-state index < -0.39 is 17.7 Å². The Morgan fingerprint density at radius 2 is 2.09 bits per heavy atom. The summed E-state index contributed by atoms with van der Waals surface area (Å²) in [6, 6.07) is 0. The fraction of sp³-hybridized carbons (Fsp3) is 0.333. The molecule has 0 rings (SSSR count). The summed E-state index contributed by atoms with van der Waals surface area (Å²) >= 11 is 5.18. The minimum absolute atomic E-state index is 0.0200. The maximum atomic E-state index is 10.5. The third-order valence-electron chi connectivity index (χ3n) is 0.774. The van der Waals surface area contributed by atoms with E-state index in [2.05, 4.69) is 11.3 Å². The standard InChI is InChI=1S/C6H7ClO4/c1-4(6(9)10)11-5(8)2-3-7/h1-3H2,(H,9,10). The van der Waals surface area contributed by atoms with Gasteiger partial charge in [0, 0.05) is 5.88 Å². The Balaban J connectivity index is 3.76. The predicted molar refractivity (Wildman–Crippen MR) is 38.2 cm³/mol. The van der Waals surface area contributed by atoms with Crippen molar-refractivity contribution < 1.29 is 19.4 Å². The van der Waals surface area contributed by atoms with Gasteiger partial charge in [-0.25, -0.2) is 4.79 Å². The molecule has 0 aliphatic heterocycles. The molecule has 0 aromatic heterocycles. The molecule has 0 fully saturated rings. The van der Waals surface area contributed by atoms with E-state index in [0.717, 1.165) is 0 Å². The molecule has 0 aliphatic rings. The molecule has 0 bridgehead atoms. The first kappa shape index (κ1) is 9.97. The molecular weight excluding hydrogens is 172 g/mol. The Morgan fingerprint density at radius 3 is 2.45 bits per heavy atom. The molecule has 1 N–H and O–H groups in total. The summed E-state index contributed by atoms with van der Waals surface area (Å²) in [5.41, 5.74) is 0. The van der Waals surface area contributed by atoms with Crippen molar-refractivity contribution >= 4 is 23.5 Å². The second kappa shape index (κ2) is 4.73. The first-order valence-corrected chi connectivity index (χ1v) is 3.30. The van der Waals surface area contributed by atoms with Crippen LogP contribution in [0.15, 0.2) is 12.3 Å². The number of carbonyl (C=O) groups excluding carboxylic acids is 1. The number of carboxylic acids is 1. The molecule has 0 radical (unpaired) electrons. The molecule has 0 atom stereocenters. The highest BCUT2D eigenvalue weighted by Crippen LogP contribution is 1.97. The highest BCUT2D eigenvalue weighted by atomic mass is 35.5. The molecule has 0 saturated heterocycles. The lowest BCUT2D eigenvalue weighted by atomic mass is 10.5. The van der Waals surface area contributed by atoms with Gasteiger partial charge in [0.15, 0.2) is 0 Å². The number of esters is 1. The van der Waals surface area contributed by atoms with Gasteiger partial charge in [-0.3, -0.25) is 4.79 Å². The van der Waals surface area contributed by atoms with E-state index in [9.17, 15) is 9.59 Å². The van der Waals surface area contributed by atoms with Crippen molar-refractivity contribution in [1.82, 2.24) is 0 Å². The third-order valence-corrected chi connectivity index (χ3v) is 0.963. The van der Waals surface area contributed by atoms with Gasteiger partial charge >= 0.3 is 11.9 Å². The largest absolute Gasteiger partial charge is 0.475 e. The maximum Gasteiger partial charge on any atom is 0.371 e. The van der Waals surface area contributed by atoms with Gasteiger partial charge in [0.25, 0.3) is 0 Å². The molecule has 0 aliphatic carbocycles. The van der Waals surface area contributed by atoms with Crippen molar-refractivity contribution in [3.63, 3.8) is 0 Å². The summed E-state index contributed by atoms with van der Waals surface area (Å²) in [5, 5.41) is 8.19. The minimum Gasteiger partial charge on any atom is -0.475 e. The molecule has 5 heteroatoms. The smallest absolute Gasteiger partial charge is 0.371 e. The lowest BCUT2D eigenvalue weighted by Gasteiger charge is -1.99. The van der Waals surface area contributed by atoms with Crippen molar-refractivity contribution in [3.05, 3.63) is 12.3 Å². The summed E-state index contributed by atoms with van der Waals surface area (Å²) in [4.78, 5) is 20.6. The lowest BCUT2D eigenvalue weighted by Crippen LogP contribution is -2.10. The number of carbonyl (C=O) groups is 2. The van der Waals surface area contributed by atoms with Gasteiger partial charge in [-0.1, -0.05) is 0 Å². The van der Waals surface area contributed by atoms with Crippen molar-refractivity contribution in [2.75, 3.05) is 5.88 Å². The molecule has 0 aromatic carbocycles. The summed E-state index contributed by atoms with van der Waals surface area (Å²) in [5.74, 6) is -2.52. The summed E-state index contributed by atoms with van der Waals surface area (Å²) in [6.45, 7) is 2.99. The molecule has 0 amide bonds. The van der Waals surface area contributed by atoms with Crippen LogP contribution in [-0.2, 0) is 14.3 Å². The first-order valence-electron chi connectivity index (χ1n) is 2.76. The number of carboxylic acid groups (broad SMARTS) is 1. The van der Waals surface area contributed by atoms with Crippen LogP contribution in [0.2, 0.25) is 0 Å². The Bertz CT molecular complexity index is 187. The Labute approximate surface area is 68.4 Å². The first-order chi connectivity index (χ1) is 5.07. The van der Waals surface area contributed by atoms with Crippen LogP contribution in [-0.4, -0.2) is 22.9 Å². The third kappa shape index (κ3) is 4.38. The number of ether oxygens (including phenoxy) is 1. The van der Waals surface area contributed by atoms with Gasteiger partial charge in [0.1, 0.15) is 0 Å². The zero-order valence-electron chi connectivity index (χ0n) is 5.67. The Morgan fingerprint density at radius 1 is 1.55 bits per heavy atom. The number of aliphatic carboxylic acids is 1. The second-order valence-electron chi connectivity index (χ2n) is 1.64. The van der Waals surface area contributed by atoms with Crippen LogP contribution < -0.4 is 0 Å². The highest BCUT2D eigenvalue weighted by Gasteiger charge is 2.09. The van der Waals surface area contributed by atoms with Crippen molar-refractivity contribution in [1.29, 1.82) is 0 Å². The molecule has 0 unspecified atom stereocenters. The van der Waals surface area contributed by atoms with Crippen LogP contribution in [0.25, 0.3) is 0 Å². The van der Waals surface area contributed by atoms with E-state index in [1.807, 2.05) is 0 Å². The molecule has 62 valence electrons. The molecule has 0 spiro atoms. The molecule has 11 heavy (non-hydrogen) atoms. The average Bonchev–Trinajstić information content (AvgIpc) is 1.87. The fourth-order valence-corrected chi connectivity index (χ4v) is 0.464. The predicted octanol–water partition coefficient (Wildman–Crippen LogP) is 0.757. The summed E-state index contributed by atoms with van der Waals surface area (Å²) < 4.78 is 4.23. The molecule has 0 saturated carbocycles. The van der Waals surface area contributed by atoms with Crippen LogP contribution in [0, 0.1) is 0 Å². The van der Waals surface area contributed by atoms with Crippen molar-refractivity contribution in [2.45, 2.75) is 6.42 Å². The van der Waals surface area contributed by atoms with E-state index in [0.29, 0.717) is 0 Å². The van der Waals surface area contributed by atoms with E-state index in [1.165, 1.54) is 0 Å². The molecule has 0 aromatic rings. The van der Waals surface area contributed by atoms with Crippen molar-refractivity contribution in [3.8, 4) is 0 Å². The zero-order chi connectivity index (χ0) is 8.85. The molecule has 4 nitrogen and oxygen atoms in total.